The quantitative estimate of drug-likeness (QED) is 0.603. The summed E-state index contributed by atoms with van der Waals surface area (Å²) >= 11 is 0. The average Bonchev–Trinajstić information content (AvgIpc) is 3.12. The van der Waals surface area contributed by atoms with Gasteiger partial charge in [-0.3, -0.25) is 4.99 Å². The fraction of sp³-hybridized carbons (Fsp3) is 0.350. The molecule has 3 rings (SSSR count). The first kappa shape index (κ1) is 19.0. The maximum absolute atomic E-state index is 13.6. The van der Waals surface area contributed by atoms with Gasteiger partial charge in [0.2, 0.25) is 6.79 Å². The molecule has 1 aliphatic heterocycles. The first-order valence-electron chi connectivity index (χ1n) is 8.82. The summed E-state index contributed by atoms with van der Waals surface area (Å²) < 4.78 is 24.3. The van der Waals surface area contributed by atoms with E-state index < -0.39 is 0 Å². The maximum Gasteiger partial charge on any atom is 0.231 e. The Hall–Kier alpha value is -2.80. The molecule has 0 saturated heterocycles. The Kier molecular flexibility index (Phi) is 6.13. The van der Waals surface area contributed by atoms with Gasteiger partial charge in [0, 0.05) is 20.1 Å². The lowest BCUT2D eigenvalue weighted by Gasteiger charge is -2.26. The molecule has 2 aromatic carbocycles. The van der Waals surface area contributed by atoms with Crippen molar-refractivity contribution in [2.45, 2.75) is 12.6 Å². The van der Waals surface area contributed by atoms with Gasteiger partial charge in [0.05, 0.1) is 6.04 Å². The summed E-state index contributed by atoms with van der Waals surface area (Å²) in [5, 5.41) is 6.59. The summed E-state index contributed by atoms with van der Waals surface area (Å²) in [7, 11) is 5.67. The molecule has 144 valence electrons. The van der Waals surface area contributed by atoms with Crippen LogP contribution in [0.4, 0.5) is 4.39 Å². The molecule has 1 aliphatic rings. The van der Waals surface area contributed by atoms with Crippen molar-refractivity contribution in [3.8, 4) is 11.5 Å². The highest BCUT2D eigenvalue weighted by atomic mass is 19.1. The minimum Gasteiger partial charge on any atom is -0.454 e. The highest BCUT2D eigenvalue weighted by Crippen LogP contribution is 2.32. The predicted molar refractivity (Wildman–Crippen MR) is 104 cm³/mol. The van der Waals surface area contributed by atoms with Gasteiger partial charge < -0.3 is 25.0 Å². The minimum atomic E-state index is -0.232. The second-order valence-electron chi connectivity index (χ2n) is 6.53. The van der Waals surface area contributed by atoms with E-state index in [4.69, 9.17) is 9.47 Å². The Labute approximate surface area is 159 Å². The van der Waals surface area contributed by atoms with E-state index in [1.165, 1.54) is 6.07 Å². The normalized spacial score (nSPS) is 14.3. The Morgan fingerprint density at radius 1 is 1.15 bits per heavy atom. The first-order valence-corrected chi connectivity index (χ1v) is 8.82. The van der Waals surface area contributed by atoms with Crippen LogP contribution in [0.5, 0.6) is 11.5 Å². The molecule has 0 aromatic heterocycles. The van der Waals surface area contributed by atoms with E-state index in [0.717, 1.165) is 22.6 Å². The molecule has 2 aromatic rings. The number of aliphatic imine (C=N–C) groups is 1. The third-order valence-corrected chi connectivity index (χ3v) is 4.44. The lowest BCUT2D eigenvalue weighted by Crippen LogP contribution is -2.41. The van der Waals surface area contributed by atoms with Crippen molar-refractivity contribution in [1.82, 2.24) is 15.5 Å². The largest absolute Gasteiger partial charge is 0.454 e. The zero-order valence-electron chi connectivity index (χ0n) is 15.8. The third kappa shape index (κ3) is 4.89. The van der Waals surface area contributed by atoms with Gasteiger partial charge in [0.1, 0.15) is 5.82 Å². The predicted octanol–water partition coefficient (Wildman–Crippen LogP) is 2.52. The molecule has 0 fully saturated rings. The van der Waals surface area contributed by atoms with Crippen LogP contribution in [0.3, 0.4) is 0 Å². The van der Waals surface area contributed by atoms with Crippen molar-refractivity contribution >= 4 is 5.96 Å². The second-order valence-corrected chi connectivity index (χ2v) is 6.53. The van der Waals surface area contributed by atoms with Gasteiger partial charge in [0.25, 0.3) is 0 Å². The van der Waals surface area contributed by atoms with Gasteiger partial charge in [-0.25, -0.2) is 4.39 Å². The van der Waals surface area contributed by atoms with Crippen molar-refractivity contribution in [3.63, 3.8) is 0 Å². The Morgan fingerprint density at radius 2 is 1.96 bits per heavy atom. The molecule has 2 N–H and O–H groups in total. The number of likely N-dealkylation sites (N-methyl/N-ethyl adjacent to an activating group) is 1. The van der Waals surface area contributed by atoms with Crippen molar-refractivity contribution in [3.05, 3.63) is 59.4 Å². The van der Waals surface area contributed by atoms with Crippen molar-refractivity contribution < 1.29 is 13.9 Å². The van der Waals surface area contributed by atoms with E-state index in [1.54, 1.807) is 19.2 Å². The van der Waals surface area contributed by atoms with Gasteiger partial charge in [-0.15, -0.1) is 0 Å². The molecule has 0 aliphatic carbocycles. The van der Waals surface area contributed by atoms with Crippen LogP contribution in [0.1, 0.15) is 17.2 Å². The van der Waals surface area contributed by atoms with Crippen molar-refractivity contribution in [1.29, 1.82) is 0 Å². The second kappa shape index (κ2) is 8.73. The van der Waals surface area contributed by atoms with Gasteiger partial charge in [-0.1, -0.05) is 18.2 Å². The number of benzene rings is 2. The van der Waals surface area contributed by atoms with Crippen LogP contribution < -0.4 is 20.1 Å². The molecular formula is C20H25FN4O2. The summed E-state index contributed by atoms with van der Waals surface area (Å²) in [6, 6.07) is 12.5. The molecule has 1 unspecified atom stereocenters. The molecule has 0 amide bonds. The van der Waals surface area contributed by atoms with E-state index in [0.29, 0.717) is 19.0 Å². The van der Waals surface area contributed by atoms with Crippen molar-refractivity contribution in [2.75, 3.05) is 34.5 Å². The number of rotatable bonds is 6. The Morgan fingerprint density at radius 3 is 2.70 bits per heavy atom. The zero-order valence-corrected chi connectivity index (χ0v) is 15.8. The van der Waals surface area contributed by atoms with Gasteiger partial charge in [-0.2, -0.15) is 0 Å². The highest BCUT2D eigenvalue weighted by Gasteiger charge is 2.16. The van der Waals surface area contributed by atoms with Crippen LogP contribution in [0, 0.1) is 5.82 Å². The molecule has 27 heavy (non-hydrogen) atoms. The summed E-state index contributed by atoms with van der Waals surface area (Å²) in [5.41, 5.74) is 1.98. The molecule has 1 atom stereocenters. The molecule has 7 heteroatoms. The number of hydrogen-bond acceptors (Lipinski definition) is 4. The summed E-state index contributed by atoms with van der Waals surface area (Å²) in [4.78, 5) is 6.31. The molecule has 0 bridgehead atoms. The summed E-state index contributed by atoms with van der Waals surface area (Å²) in [5.74, 6) is 1.97. The van der Waals surface area contributed by atoms with Gasteiger partial charge in [-0.05, 0) is 49.5 Å². The zero-order chi connectivity index (χ0) is 19.2. The molecular weight excluding hydrogens is 347 g/mol. The standard InChI is InChI=1S/C20H25FN4O2/c1-22-20(23-11-14-7-8-18-19(9-14)27-13-26-18)24-12-17(25(2)3)15-5-4-6-16(21)10-15/h4-10,17H,11-13H2,1-3H3,(H2,22,23,24). The minimum absolute atomic E-state index is 0.0183. The van der Waals surface area contributed by atoms with E-state index in [2.05, 4.69) is 15.6 Å². The topological polar surface area (TPSA) is 58.1 Å². The Balaban J connectivity index is 1.57. The molecule has 0 radical (unpaired) electrons. The number of hydrogen-bond donors (Lipinski definition) is 2. The first-order chi connectivity index (χ1) is 13.1. The third-order valence-electron chi connectivity index (χ3n) is 4.44. The number of fused-ring (bicyclic) bond motifs is 1. The lowest BCUT2D eigenvalue weighted by molar-refractivity contribution is 0.174. The Bertz CT molecular complexity index is 810. The van der Waals surface area contributed by atoms with Crippen LogP contribution in [-0.4, -0.2) is 45.3 Å². The SMILES string of the molecule is CN=C(NCc1ccc2c(c1)OCO2)NCC(c1cccc(F)c1)N(C)C. The molecule has 0 spiro atoms. The summed E-state index contributed by atoms with van der Waals surface area (Å²) in [6.07, 6.45) is 0. The van der Waals surface area contributed by atoms with Crippen LogP contribution in [0.2, 0.25) is 0 Å². The number of nitrogens with one attached hydrogen (secondary N) is 2. The van der Waals surface area contributed by atoms with Gasteiger partial charge in [0.15, 0.2) is 17.5 Å². The summed E-state index contributed by atoms with van der Waals surface area (Å²) in [6.45, 7) is 1.46. The van der Waals surface area contributed by atoms with E-state index >= 15 is 0 Å². The monoisotopic (exact) mass is 372 g/mol. The maximum atomic E-state index is 13.6. The van der Waals surface area contributed by atoms with Crippen LogP contribution in [0.15, 0.2) is 47.5 Å². The highest BCUT2D eigenvalue weighted by molar-refractivity contribution is 5.79. The van der Waals surface area contributed by atoms with Crippen LogP contribution in [0.25, 0.3) is 0 Å². The van der Waals surface area contributed by atoms with E-state index in [9.17, 15) is 4.39 Å². The van der Waals surface area contributed by atoms with Crippen LogP contribution in [-0.2, 0) is 6.54 Å². The molecule has 6 nitrogen and oxygen atoms in total. The lowest BCUT2D eigenvalue weighted by atomic mass is 10.1. The fourth-order valence-electron chi connectivity index (χ4n) is 2.96. The average molecular weight is 372 g/mol. The molecule has 1 heterocycles. The number of ether oxygens (including phenoxy) is 2. The molecule has 0 saturated carbocycles. The fourth-order valence-corrected chi connectivity index (χ4v) is 2.96. The van der Waals surface area contributed by atoms with E-state index in [-0.39, 0.29) is 18.7 Å². The number of guanidine groups is 1. The van der Waals surface area contributed by atoms with Gasteiger partial charge >= 0.3 is 0 Å². The smallest absolute Gasteiger partial charge is 0.231 e. The van der Waals surface area contributed by atoms with Crippen LogP contribution >= 0.6 is 0 Å². The van der Waals surface area contributed by atoms with E-state index in [1.807, 2.05) is 43.3 Å². The van der Waals surface area contributed by atoms with Crippen molar-refractivity contribution in [2.24, 2.45) is 4.99 Å². The number of nitrogens with zero attached hydrogens (tertiary/aromatic N) is 2. The number of halogens is 1.